The van der Waals surface area contributed by atoms with Crippen LogP contribution < -0.4 is 4.74 Å². The summed E-state index contributed by atoms with van der Waals surface area (Å²) in [5, 5.41) is 9.30. The van der Waals surface area contributed by atoms with Crippen molar-refractivity contribution in [3.05, 3.63) is 59.8 Å². The number of amides is 1. The van der Waals surface area contributed by atoms with Crippen LogP contribution >= 0.6 is 11.3 Å². The third-order valence-electron chi connectivity index (χ3n) is 6.85. The molecule has 1 aliphatic rings. The molecule has 5 rings (SSSR count). The molecule has 0 bridgehead atoms. The number of pyridine rings is 1. The summed E-state index contributed by atoms with van der Waals surface area (Å²) < 4.78 is 23.6. The fraction of sp³-hybridized carbons (Fsp3) is 0.379. The van der Waals surface area contributed by atoms with E-state index in [1.807, 2.05) is 24.6 Å². The van der Waals surface area contributed by atoms with E-state index in [-0.39, 0.29) is 23.9 Å². The minimum Gasteiger partial charge on any atom is -0.453 e. The number of Topliss-reactive ketones (excluding diaryl/α,β-unsaturated/α-hetero) is 1. The Kier molecular flexibility index (Phi) is 8.04. The van der Waals surface area contributed by atoms with Gasteiger partial charge in [0.15, 0.2) is 11.6 Å². The molecule has 0 aliphatic heterocycles. The van der Waals surface area contributed by atoms with Crippen LogP contribution in [0.15, 0.2) is 42.7 Å². The number of fused-ring (bicyclic) bond motifs is 1. The summed E-state index contributed by atoms with van der Waals surface area (Å²) in [6.45, 7) is 2.34. The summed E-state index contributed by atoms with van der Waals surface area (Å²) in [6.07, 6.45) is 7.16. The van der Waals surface area contributed by atoms with E-state index in [0.717, 1.165) is 34.5 Å². The lowest BCUT2D eigenvalue weighted by Crippen LogP contribution is -2.34. The number of benzene rings is 1. The molecule has 0 spiro atoms. The quantitative estimate of drug-likeness (QED) is 0.258. The summed E-state index contributed by atoms with van der Waals surface area (Å²) in [5.41, 5.74) is 2.18. The van der Waals surface area contributed by atoms with Crippen molar-refractivity contribution in [3.8, 4) is 22.2 Å². The standard InChI is InChI=1S/C29H31FN4O4S/c1-3-10-34(27(37)17-35)16-20-15-32-29(33(20)2)26-14-23-28(39-26)25(8-9-31-23)38-24-7-6-19(13-22(24)30)12-21(36)11-18-4-5-18/h6-9,13-15,18,35H,3-5,10-12,16-17H2,1-2H3. The smallest absolute Gasteiger partial charge is 0.248 e. The lowest BCUT2D eigenvalue weighted by atomic mass is 10.0. The van der Waals surface area contributed by atoms with Crippen LogP contribution in [0.2, 0.25) is 0 Å². The molecular weight excluding hydrogens is 519 g/mol. The second-order valence-corrected chi connectivity index (χ2v) is 11.0. The number of imidazole rings is 1. The first kappa shape index (κ1) is 27.0. The van der Waals surface area contributed by atoms with Crippen molar-refractivity contribution < 1.29 is 23.8 Å². The molecule has 1 saturated carbocycles. The van der Waals surface area contributed by atoms with Crippen molar-refractivity contribution in [1.82, 2.24) is 19.4 Å². The van der Waals surface area contributed by atoms with Crippen LogP contribution in [0.4, 0.5) is 4.39 Å². The molecule has 0 saturated heterocycles. The van der Waals surface area contributed by atoms with E-state index in [0.29, 0.717) is 48.1 Å². The number of ketones is 1. The summed E-state index contributed by atoms with van der Waals surface area (Å²) in [7, 11) is 1.88. The summed E-state index contributed by atoms with van der Waals surface area (Å²) in [4.78, 5) is 35.8. The van der Waals surface area contributed by atoms with E-state index in [1.54, 1.807) is 35.5 Å². The monoisotopic (exact) mass is 550 g/mol. The van der Waals surface area contributed by atoms with E-state index in [9.17, 15) is 19.1 Å². The van der Waals surface area contributed by atoms with Gasteiger partial charge in [-0.25, -0.2) is 9.37 Å². The highest BCUT2D eigenvalue weighted by Crippen LogP contribution is 2.39. The number of halogens is 1. The van der Waals surface area contributed by atoms with Gasteiger partial charge in [0.25, 0.3) is 0 Å². The Morgan fingerprint density at radius 1 is 1.21 bits per heavy atom. The molecular formula is C29H31FN4O4S. The SMILES string of the molecule is CCCN(Cc1cnc(-c2cc3nccc(Oc4ccc(CC(=O)CC5CC5)cc4F)c3s2)n1C)C(=O)CO. The lowest BCUT2D eigenvalue weighted by Gasteiger charge is -2.21. The zero-order valence-corrected chi connectivity index (χ0v) is 22.8. The molecule has 1 N–H and O–H groups in total. The third-order valence-corrected chi connectivity index (χ3v) is 7.98. The van der Waals surface area contributed by atoms with Crippen LogP contribution in [0.5, 0.6) is 11.5 Å². The van der Waals surface area contributed by atoms with Crippen molar-refractivity contribution >= 4 is 33.2 Å². The maximum absolute atomic E-state index is 14.9. The Hall–Kier alpha value is -3.63. The molecule has 8 nitrogen and oxygen atoms in total. The highest BCUT2D eigenvalue weighted by molar-refractivity contribution is 7.22. The molecule has 1 fully saturated rings. The molecule has 1 amide bonds. The van der Waals surface area contributed by atoms with Gasteiger partial charge in [-0.2, -0.15) is 0 Å². The van der Waals surface area contributed by atoms with Gasteiger partial charge in [-0.15, -0.1) is 11.3 Å². The molecule has 4 aromatic rings. The first-order valence-corrected chi connectivity index (χ1v) is 13.9. The number of thiophene rings is 1. The van der Waals surface area contributed by atoms with Gasteiger partial charge in [-0.1, -0.05) is 13.0 Å². The van der Waals surface area contributed by atoms with Gasteiger partial charge in [0.2, 0.25) is 5.91 Å². The van der Waals surface area contributed by atoms with Crippen molar-refractivity contribution in [2.24, 2.45) is 13.0 Å². The van der Waals surface area contributed by atoms with Gasteiger partial charge < -0.3 is 19.3 Å². The molecule has 204 valence electrons. The van der Waals surface area contributed by atoms with Gasteiger partial charge in [-0.05, 0) is 48.9 Å². The topological polar surface area (TPSA) is 97.5 Å². The van der Waals surface area contributed by atoms with E-state index < -0.39 is 12.4 Å². The average Bonchev–Trinajstić information content (AvgIpc) is 3.50. The lowest BCUT2D eigenvalue weighted by molar-refractivity contribution is -0.134. The first-order chi connectivity index (χ1) is 18.9. The Labute approximate surface area is 230 Å². The Bertz CT molecular complexity index is 1510. The van der Waals surface area contributed by atoms with Crippen LogP contribution in [-0.4, -0.2) is 49.4 Å². The van der Waals surface area contributed by atoms with Gasteiger partial charge in [-0.3, -0.25) is 14.6 Å². The number of carbonyl (C=O) groups excluding carboxylic acids is 2. The molecule has 10 heteroatoms. The third kappa shape index (κ3) is 6.17. The zero-order chi connectivity index (χ0) is 27.5. The molecule has 0 unspecified atom stereocenters. The number of aliphatic hydroxyl groups is 1. The predicted molar refractivity (Wildman–Crippen MR) is 147 cm³/mol. The number of hydrogen-bond acceptors (Lipinski definition) is 7. The molecule has 1 aliphatic carbocycles. The predicted octanol–water partition coefficient (Wildman–Crippen LogP) is 5.27. The number of hydrogen-bond donors (Lipinski definition) is 1. The van der Waals surface area contributed by atoms with Crippen LogP contribution in [0.1, 0.15) is 43.9 Å². The number of carbonyl (C=O) groups is 2. The van der Waals surface area contributed by atoms with Crippen molar-refractivity contribution in [1.29, 1.82) is 0 Å². The van der Waals surface area contributed by atoms with Crippen molar-refractivity contribution in [2.45, 2.75) is 45.6 Å². The second kappa shape index (κ2) is 11.6. The minimum absolute atomic E-state index is 0.0830. The maximum Gasteiger partial charge on any atom is 0.248 e. The fourth-order valence-corrected chi connectivity index (χ4v) is 5.68. The van der Waals surface area contributed by atoms with E-state index in [2.05, 4.69) is 9.97 Å². The first-order valence-electron chi connectivity index (χ1n) is 13.1. The Morgan fingerprint density at radius 2 is 2.03 bits per heavy atom. The molecule has 3 heterocycles. The maximum atomic E-state index is 14.9. The Morgan fingerprint density at radius 3 is 2.74 bits per heavy atom. The zero-order valence-electron chi connectivity index (χ0n) is 22.0. The molecule has 39 heavy (non-hydrogen) atoms. The summed E-state index contributed by atoms with van der Waals surface area (Å²) in [6, 6.07) is 8.28. The number of aliphatic hydroxyl groups excluding tert-OH is 1. The van der Waals surface area contributed by atoms with Crippen LogP contribution in [0.25, 0.3) is 20.9 Å². The van der Waals surface area contributed by atoms with Crippen molar-refractivity contribution in [3.63, 3.8) is 0 Å². The number of nitrogens with zero attached hydrogens (tertiary/aromatic N) is 4. The molecule has 0 atom stereocenters. The minimum atomic E-state index is -0.530. The van der Waals surface area contributed by atoms with Crippen LogP contribution in [0, 0.1) is 11.7 Å². The van der Waals surface area contributed by atoms with E-state index in [1.165, 1.54) is 17.4 Å². The normalized spacial score (nSPS) is 13.1. The number of rotatable bonds is 12. The second-order valence-electron chi connectivity index (χ2n) is 9.97. The highest BCUT2D eigenvalue weighted by Gasteiger charge is 2.24. The fourth-order valence-electron chi connectivity index (χ4n) is 4.58. The van der Waals surface area contributed by atoms with Crippen LogP contribution in [-0.2, 0) is 29.6 Å². The highest BCUT2D eigenvalue weighted by atomic mass is 32.1. The van der Waals surface area contributed by atoms with Gasteiger partial charge in [0.1, 0.15) is 24.0 Å². The van der Waals surface area contributed by atoms with Gasteiger partial charge in [0, 0.05) is 38.7 Å². The molecule has 3 aromatic heterocycles. The number of ether oxygens (including phenoxy) is 1. The largest absolute Gasteiger partial charge is 0.453 e. The molecule has 1 aromatic carbocycles. The van der Waals surface area contributed by atoms with Gasteiger partial charge >= 0.3 is 0 Å². The van der Waals surface area contributed by atoms with E-state index >= 15 is 0 Å². The van der Waals surface area contributed by atoms with Gasteiger partial charge in [0.05, 0.1) is 33.5 Å². The summed E-state index contributed by atoms with van der Waals surface area (Å²) in [5.74, 6) is 1.08. The molecule has 0 radical (unpaired) electrons. The average molecular weight is 551 g/mol. The number of aromatic nitrogens is 3. The van der Waals surface area contributed by atoms with E-state index in [4.69, 9.17) is 4.74 Å². The Balaban J connectivity index is 1.35. The summed E-state index contributed by atoms with van der Waals surface area (Å²) >= 11 is 1.43. The van der Waals surface area contributed by atoms with Crippen molar-refractivity contribution in [2.75, 3.05) is 13.2 Å². The van der Waals surface area contributed by atoms with Crippen LogP contribution in [0.3, 0.4) is 0 Å².